The zero-order valence-corrected chi connectivity index (χ0v) is 11.9. The Kier molecular flexibility index (Phi) is 4.07. The molecule has 0 saturated carbocycles. The second kappa shape index (κ2) is 6.03. The molecular weight excluding hydrogens is 315 g/mol. The molecule has 0 radical (unpaired) electrons. The van der Waals surface area contributed by atoms with Gasteiger partial charge in [-0.05, 0) is 18.9 Å². The second-order valence-electron chi connectivity index (χ2n) is 5.10. The molecule has 1 fully saturated rings. The quantitative estimate of drug-likeness (QED) is 0.888. The molecular formula is C13H14F3N5O2. The van der Waals surface area contributed by atoms with Gasteiger partial charge in [0.05, 0.1) is 11.8 Å². The van der Waals surface area contributed by atoms with Gasteiger partial charge in [-0.15, -0.1) is 0 Å². The standard InChI is InChI=1S/C13H14F3N5O2/c14-13(15,16)12-20-10(21-23-12)7-4-9(17)11(18-5-7)19-6-8-2-1-3-22-8/h4-5,8H,1-3,6,17H2,(H,18,19)/t8-/m1/s1. The van der Waals surface area contributed by atoms with Crippen LogP contribution in [0.5, 0.6) is 0 Å². The number of halogens is 3. The second-order valence-corrected chi connectivity index (χ2v) is 5.10. The van der Waals surface area contributed by atoms with Crippen LogP contribution in [0.2, 0.25) is 0 Å². The van der Waals surface area contributed by atoms with Crippen LogP contribution in [-0.4, -0.2) is 34.4 Å². The summed E-state index contributed by atoms with van der Waals surface area (Å²) < 4.78 is 47.0. The van der Waals surface area contributed by atoms with E-state index in [0.717, 1.165) is 19.4 Å². The highest BCUT2D eigenvalue weighted by Gasteiger charge is 2.38. The Balaban J connectivity index is 1.72. The van der Waals surface area contributed by atoms with Crippen molar-refractivity contribution in [2.24, 2.45) is 0 Å². The van der Waals surface area contributed by atoms with E-state index >= 15 is 0 Å². The van der Waals surface area contributed by atoms with Gasteiger partial charge in [-0.2, -0.15) is 18.2 Å². The Morgan fingerprint density at radius 1 is 1.39 bits per heavy atom. The van der Waals surface area contributed by atoms with Crippen LogP contribution in [-0.2, 0) is 10.9 Å². The molecule has 1 atom stereocenters. The maximum Gasteiger partial charge on any atom is 0.471 e. The molecule has 0 spiro atoms. The molecule has 0 amide bonds. The number of hydrogen-bond acceptors (Lipinski definition) is 7. The molecule has 3 heterocycles. The number of nitrogens with one attached hydrogen (secondary N) is 1. The molecule has 1 saturated heterocycles. The summed E-state index contributed by atoms with van der Waals surface area (Å²) in [5.41, 5.74) is 6.38. The van der Waals surface area contributed by atoms with Gasteiger partial charge in [-0.1, -0.05) is 5.16 Å². The van der Waals surface area contributed by atoms with Crippen LogP contribution >= 0.6 is 0 Å². The summed E-state index contributed by atoms with van der Waals surface area (Å²) in [6.45, 7) is 1.31. The minimum atomic E-state index is -4.69. The van der Waals surface area contributed by atoms with Gasteiger partial charge in [0.1, 0.15) is 5.82 Å². The number of pyridine rings is 1. The van der Waals surface area contributed by atoms with Crippen molar-refractivity contribution < 1.29 is 22.4 Å². The third kappa shape index (κ3) is 3.52. The summed E-state index contributed by atoms with van der Waals surface area (Å²) in [6, 6.07) is 1.44. The third-order valence-corrected chi connectivity index (χ3v) is 3.37. The summed E-state index contributed by atoms with van der Waals surface area (Å²) in [5.74, 6) is -1.20. The van der Waals surface area contributed by atoms with Crippen molar-refractivity contribution in [2.75, 3.05) is 24.2 Å². The number of anilines is 2. The van der Waals surface area contributed by atoms with E-state index in [1.54, 1.807) is 0 Å². The van der Waals surface area contributed by atoms with Crippen LogP contribution in [0.3, 0.4) is 0 Å². The van der Waals surface area contributed by atoms with Gasteiger partial charge >= 0.3 is 12.1 Å². The Morgan fingerprint density at radius 3 is 2.83 bits per heavy atom. The van der Waals surface area contributed by atoms with E-state index in [-0.39, 0.29) is 23.2 Å². The molecule has 10 heteroatoms. The van der Waals surface area contributed by atoms with Gasteiger partial charge in [0, 0.05) is 24.9 Å². The van der Waals surface area contributed by atoms with E-state index in [4.69, 9.17) is 10.5 Å². The predicted octanol–water partition coefficient (Wildman–Crippen LogP) is 2.32. The minimum Gasteiger partial charge on any atom is -0.396 e. The molecule has 23 heavy (non-hydrogen) atoms. The van der Waals surface area contributed by atoms with Crippen LogP contribution in [0.4, 0.5) is 24.7 Å². The first-order valence-corrected chi connectivity index (χ1v) is 6.96. The number of aromatic nitrogens is 3. The van der Waals surface area contributed by atoms with Crippen LogP contribution in [0.25, 0.3) is 11.4 Å². The van der Waals surface area contributed by atoms with E-state index in [0.29, 0.717) is 12.4 Å². The highest BCUT2D eigenvalue weighted by Crippen LogP contribution is 2.30. The molecule has 0 aliphatic carbocycles. The molecule has 7 nitrogen and oxygen atoms in total. The van der Waals surface area contributed by atoms with Gasteiger partial charge in [0.25, 0.3) is 0 Å². The van der Waals surface area contributed by atoms with Crippen LogP contribution in [0, 0.1) is 0 Å². The number of nitrogens with two attached hydrogens (primary N) is 1. The lowest BCUT2D eigenvalue weighted by Crippen LogP contribution is -2.19. The summed E-state index contributed by atoms with van der Waals surface area (Å²) in [7, 11) is 0. The van der Waals surface area contributed by atoms with E-state index < -0.39 is 12.1 Å². The Labute approximate surface area is 129 Å². The first-order chi connectivity index (χ1) is 10.9. The molecule has 3 N–H and O–H groups in total. The van der Waals surface area contributed by atoms with Crippen LogP contribution in [0.1, 0.15) is 18.7 Å². The largest absolute Gasteiger partial charge is 0.471 e. The van der Waals surface area contributed by atoms with Gasteiger partial charge in [0.2, 0.25) is 5.82 Å². The number of ether oxygens (including phenoxy) is 1. The maximum absolute atomic E-state index is 12.5. The van der Waals surface area contributed by atoms with Gasteiger partial charge in [-0.3, -0.25) is 0 Å². The highest BCUT2D eigenvalue weighted by atomic mass is 19.4. The summed E-state index contributed by atoms with van der Waals surface area (Å²) in [6.07, 6.45) is -1.25. The number of alkyl halides is 3. The fourth-order valence-electron chi connectivity index (χ4n) is 2.22. The number of nitrogens with zero attached hydrogens (tertiary/aromatic N) is 3. The van der Waals surface area contributed by atoms with Crippen molar-refractivity contribution in [3.05, 3.63) is 18.2 Å². The highest BCUT2D eigenvalue weighted by molar-refractivity contribution is 5.69. The smallest absolute Gasteiger partial charge is 0.396 e. The van der Waals surface area contributed by atoms with Crippen molar-refractivity contribution in [2.45, 2.75) is 25.1 Å². The molecule has 2 aromatic heterocycles. The maximum atomic E-state index is 12.5. The Morgan fingerprint density at radius 2 is 2.22 bits per heavy atom. The lowest BCUT2D eigenvalue weighted by atomic mass is 10.2. The lowest BCUT2D eigenvalue weighted by molar-refractivity contribution is -0.159. The molecule has 2 aromatic rings. The number of nitrogen functional groups attached to an aromatic ring is 1. The topological polar surface area (TPSA) is 99.1 Å². The van der Waals surface area contributed by atoms with Crippen molar-refractivity contribution >= 4 is 11.5 Å². The van der Waals surface area contributed by atoms with Gasteiger partial charge < -0.3 is 20.3 Å². The molecule has 3 rings (SSSR count). The van der Waals surface area contributed by atoms with E-state index in [2.05, 4.69) is 25.0 Å². The molecule has 0 unspecified atom stereocenters. The van der Waals surface area contributed by atoms with Crippen molar-refractivity contribution in [1.29, 1.82) is 0 Å². The predicted molar refractivity (Wildman–Crippen MR) is 74.4 cm³/mol. The molecule has 1 aliphatic rings. The zero-order valence-electron chi connectivity index (χ0n) is 11.9. The fourth-order valence-corrected chi connectivity index (χ4v) is 2.22. The summed E-state index contributed by atoms with van der Waals surface area (Å²) >= 11 is 0. The average Bonchev–Trinajstić information content (AvgIpc) is 3.17. The summed E-state index contributed by atoms with van der Waals surface area (Å²) in [4.78, 5) is 7.39. The fraction of sp³-hybridized carbons (Fsp3) is 0.462. The molecule has 124 valence electrons. The average molecular weight is 329 g/mol. The van der Waals surface area contributed by atoms with E-state index in [1.165, 1.54) is 12.3 Å². The van der Waals surface area contributed by atoms with Crippen molar-refractivity contribution in [3.8, 4) is 11.4 Å². The zero-order chi connectivity index (χ0) is 16.4. The van der Waals surface area contributed by atoms with E-state index in [1.807, 2.05) is 0 Å². The molecule has 1 aliphatic heterocycles. The Hall–Kier alpha value is -2.36. The third-order valence-electron chi connectivity index (χ3n) is 3.37. The number of hydrogen-bond donors (Lipinski definition) is 2. The van der Waals surface area contributed by atoms with Crippen LogP contribution < -0.4 is 11.1 Å². The lowest BCUT2D eigenvalue weighted by Gasteiger charge is -2.12. The molecule has 0 aromatic carbocycles. The monoisotopic (exact) mass is 329 g/mol. The first-order valence-electron chi connectivity index (χ1n) is 6.96. The summed E-state index contributed by atoms with van der Waals surface area (Å²) in [5, 5.41) is 6.35. The van der Waals surface area contributed by atoms with Crippen LogP contribution in [0.15, 0.2) is 16.8 Å². The van der Waals surface area contributed by atoms with Gasteiger partial charge in [0.15, 0.2) is 0 Å². The first kappa shape index (κ1) is 15.5. The van der Waals surface area contributed by atoms with Crippen molar-refractivity contribution in [1.82, 2.24) is 15.1 Å². The van der Waals surface area contributed by atoms with E-state index in [9.17, 15) is 13.2 Å². The SMILES string of the molecule is Nc1cc(-c2noc(C(F)(F)F)n2)cnc1NC[C@H]1CCCO1. The van der Waals surface area contributed by atoms with Crippen molar-refractivity contribution in [3.63, 3.8) is 0 Å². The Bertz CT molecular complexity index is 682. The normalized spacial score (nSPS) is 18.3. The van der Waals surface area contributed by atoms with Gasteiger partial charge in [-0.25, -0.2) is 4.98 Å². The number of rotatable bonds is 4. The molecule has 0 bridgehead atoms. The minimum absolute atomic E-state index is 0.113.